The zero-order chi connectivity index (χ0) is 19.7. The molecule has 0 saturated carbocycles. The topological polar surface area (TPSA) is 102 Å². The molecule has 0 radical (unpaired) electrons. The van der Waals surface area contributed by atoms with Crippen molar-refractivity contribution in [2.75, 3.05) is 13.1 Å². The molecule has 1 fully saturated rings. The van der Waals surface area contributed by atoms with Crippen molar-refractivity contribution in [1.29, 1.82) is 0 Å². The summed E-state index contributed by atoms with van der Waals surface area (Å²) < 4.78 is 32.1. The molecule has 0 atom stereocenters. The summed E-state index contributed by atoms with van der Waals surface area (Å²) in [4.78, 5) is 13.3. The molecule has 0 amide bonds. The lowest BCUT2D eigenvalue weighted by Crippen LogP contribution is -2.38. The maximum Gasteiger partial charge on any atom is 0.244 e. The number of aryl methyl sites for hydroxylation is 2. The first-order valence-electron chi connectivity index (χ1n) is 9.12. The van der Waals surface area contributed by atoms with Crippen LogP contribution in [0.4, 0.5) is 0 Å². The van der Waals surface area contributed by atoms with Crippen molar-refractivity contribution in [2.24, 2.45) is 0 Å². The number of rotatable bonds is 4. The molecule has 9 heteroatoms. The maximum absolute atomic E-state index is 12.7. The van der Waals surface area contributed by atoms with Crippen LogP contribution in [0.2, 0.25) is 0 Å². The molecule has 3 aromatic heterocycles. The van der Waals surface area contributed by atoms with E-state index in [1.54, 1.807) is 30.7 Å². The highest BCUT2D eigenvalue weighted by atomic mass is 32.2. The number of sulfonamides is 1. The van der Waals surface area contributed by atoms with E-state index in [0.29, 0.717) is 31.7 Å². The molecule has 146 valence electrons. The van der Waals surface area contributed by atoms with E-state index in [0.717, 1.165) is 22.6 Å². The maximum atomic E-state index is 12.7. The Morgan fingerprint density at radius 3 is 2.46 bits per heavy atom. The third-order valence-corrected chi connectivity index (χ3v) is 6.99. The average molecular weight is 399 g/mol. The highest BCUT2D eigenvalue weighted by Crippen LogP contribution is 2.30. The Bertz CT molecular complexity index is 1040. The smallest absolute Gasteiger partial charge is 0.244 e. The van der Waals surface area contributed by atoms with Gasteiger partial charge in [-0.1, -0.05) is 5.16 Å². The standard InChI is InChI=1S/C19H21N5O3S/c1-13-19(14(2)27-23-13)18-12-21-17(11-22-18)15-5-8-24(9-6-15)28(25,26)16-4-3-7-20-10-16/h3-4,7,10-12,15H,5-6,8-9H2,1-2H3. The van der Waals surface area contributed by atoms with Gasteiger partial charge in [-0.2, -0.15) is 4.31 Å². The Morgan fingerprint density at radius 2 is 1.89 bits per heavy atom. The third kappa shape index (κ3) is 3.43. The fourth-order valence-electron chi connectivity index (χ4n) is 3.57. The highest BCUT2D eigenvalue weighted by molar-refractivity contribution is 7.89. The quantitative estimate of drug-likeness (QED) is 0.664. The molecule has 0 N–H and O–H groups in total. The Balaban J connectivity index is 1.46. The van der Waals surface area contributed by atoms with Crippen LogP contribution >= 0.6 is 0 Å². The van der Waals surface area contributed by atoms with E-state index in [2.05, 4.69) is 20.1 Å². The number of hydrogen-bond donors (Lipinski definition) is 0. The number of hydrogen-bond acceptors (Lipinski definition) is 7. The van der Waals surface area contributed by atoms with Crippen molar-refractivity contribution >= 4 is 10.0 Å². The van der Waals surface area contributed by atoms with Gasteiger partial charge in [0.1, 0.15) is 10.7 Å². The van der Waals surface area contributed by atoms with Crippen LogP contribution in [0.25, 0.3) is 11.3 Å². The van der Waals surface area contributed by atoms with Crippen LogP contribution in [-0.2, 0) is 10.0 Å². The van der Waals surface area contributed by atoms with Crippen LogP contribution < -0.4 is 0 Å². The molecule has 0 aromatic carbocycles. The van der Waals surface area contributed by atoms with E-state index in [1.165, 1.54) is 10.5 Å². The van der Waals surface area contributed by atoms with Crippen LogP contribution in [-0.4, -0.2) is 45.9 Å². The van der Waals surface area contributed by atoms with Crippen molar-refractivity contribution < 1.29 is 12.9 Å². The molecule has 3 aromatic rings. The van der Waals surface area contributed by atoms with E-state index in [1.807, 2.05) is 13.8 Å². The average Bonchev–Trinajstić information content (AvgIpc) is 3.07. The molecule has 0 bridgehead atoms. The minimum atomic E-state index is -3.50. The third-order valence-electron chi connectivity index (χ3n) is 5.11. The number of aromatic nitrogens is 4. The zero-order valence-corrected chi connectivity index (χ0v) is 16.6. The van der Waals surface area contributed by atoms with Crippen molar-refractivity contribution in [3.05, 3.63) is 54.1 Å². The predicted molar refractivity (Wildman–Crippen MR) is 102 cm³/mol. The normalized spacial score (nSPS) is 16.4. The lowest BCUT2D eigenvalue weighted by Gasteiger charge is -2.30. The Morgan fingerprint density at radius 1 is 1.11 bits per heavy atom. The first kappa shape index (κ1) is 18.7. The Hall–Kier alpha value is -2.65. The molecule has 1 aliphatic rings. The van der Waals surface area contributed by atoms with E-state index in [9.17, 15) is 8.42 Å². The summed E-state index contributed by atoms with van der Waals surface area (Å²) in [6.07, 6.45) is 7.88. The second-order valence-electron chi connectivity index (χ2n) is 6.89. The molecule has 0 unspecified atom stereocenters. The van der Waals surface area contributed by atoms with Gasteiger partial charge in [0.2, 0.25) is 10.0 Å². The fourth-order valence-corrected chi connectivity index (χ4v) is 5.00. The summed E-state index contributed by atoms with van der Waals surface area (Å²) in [7, 11) is -3.50. The van der Waals surface area contributed by atoms with Crippen LogP contribution in [0.5, 0.6) is 0 Å². The van der Waals surface area contributed by atoms with E-state index in [-0.39, 0.29) is 10.8 Å². The Kier molecular flexibility index (Phi) is 4.94. The van der Waals surface area contributed by atoms with Crippen LogP contribution in [0, 0.1) is 13.8 Å². The van der Waals surface area contributed by atoms with E-state index < -0.39 is 10.0 Å². The highest BCUT2D eigenvalue weighted by Gasteiger charge is 2.30. The van der Waals surface area contributed by atoms with E-state index in [4.69, 9.17) is 4.52 Å². The molecule has 4 heterocycles. The van der Waals surface area contributed by atoms with Gasteiger partial charge >= 0.3 is 0 Å². The molecular formula is C19H21N5O3S. The first-order chi connectivity index (χ1) is 13.5. The minimum Gasteiger partial charge on any atom is -0.361 e. The van der Waals surface area contributed by atoms with Gasteiger partial charge in [0.15, 0.2) is 0 Å². The molecule has 4 rings (SSSR count). The molecular weight excluding hydrogens is 378 g/mol. The summed E-state index contributed by atoms with van der Waals surface area (Å²) in [5.41, 5.74) is 3.27. The van der Waals surface area contributed by atoms with Crippen molar-refractivity contribution in [3.8, 4) is 11.3 Å². The van der Waals surface area contributed by atoms with Crippen molar-refractivity contribution in [2.45, 2.75) is 37.5 Å². The molecule has 0 aliphatic carbocycles. The summed E-state index contributed by atoms with van der Waals surface area (Å²) in [6.45, 7) is 4.63. The SMILES string of the molecule is Cc1noc(C)c1-c1cnc(C2CCN(S(=O)(=O)c3cccnc3)CC2)cn1. The van der Waals surface area contributed by atoms with Crippen LogP contribution in [0.1, 0.15) is 35.9 Å². The number of pyridine rings is 1. The van der Waals surface area contributed by atoms with Gasteiger partial charge in [0.05, 0.1) is 28.8 Å². The molecule has 28 heavy (non-hydrogen) atoms. The lowest BCUT2D eigenvalue weighted by atomic mass is 9.95. The van der Waals surface area contributed by atoms with Gasteiger partial charge in [-0.15, -0.1) is 0 Å². The molecule has 0 spiro atoms. The van der Waals surface area contributed by atoms with E-state index >= 15 is 0 Å². The summed E-state index contributed by atoms with van der Waals surface area (Å²) in [5, 5.41) is 3.95. The second-order valence-corrected chi connectivity index (χ2v) is 8.83. The first-order valence-corrected chi connectivity index (χ1v) is 10.6. The molecule has 1 saturated heterocycles. The predicted octanol–water partition coefficient (Wildman–Crippen LogP) is 2.71. The van der Waals surface area contributed by atoms with Gasteiger partial charge < -0.3 is 4.52 Å². The fraction of sp³-hybridized carbons (Fsp3) is 0.368. The van der Waals surface area contributed by atoms with Crippen LogP contribution in [0.15, 0.2) is 46.3 Å². The van der Waals surface area contributed by atoms with Crippen LogP contribution in [0.3, 0.4) is 0 Å². The largest absolute Gasteiger partial charge is 0.361 e. The monoisotopic (exact) mass is 399 g/mol. The van der Waals surface area contributed by atoms with Gasteiger partial charge in [0, 0.05) is 37.6 Å². The van der Waals surface area contributed by atoms with Gasteiger partial charge in [-0.05, 0) is 38.8 Å². The number of piperidine rings is 1. The summed E-state index contributed by atoms with van der Waals surface area (Å²) in [6, 6.07) is 3.21. The lowest BCUT2D eigenvalue weighted by molar-refractivity contribution is 0.316. The zero-order valence-electron chi connectivity index (χ0n) is 15.7. The molecule has 1 aliphatic heterocycles. The van der Waals surface area contributed by atoms with Crippen molar-refractivity contribution in [3.63, 3.8) is 0 Å². The Labute approximate surface area is 163 Å². The summed E-state index contributed by atoms with van der Waals surface area (Å²) in [5.74, 6) is 0.903. The van der Waals surface area contributed by atoms with Gasteiger partial charge in [-0.3, -0.25) is 15.0 Å². The molecule has 8 nitrogen and oxygen atoms in total. The second kappa shape index (κ2) is 7.40. The van der Waals surface area contributed by atoms with Crippen molar-refractivity contribution in [1.82, 2.24) is 24.4 Å². The number of nitrogens with zero attached hydrogens (tertiary/aromatic N) is 5. The minimum absolute atomic E-state index is 0.187. The van der Waals surface area contributed by atoms with Gasteiger partial charge in [0.25, 0.3) is 0 Å². The van der Waals surface area contributed by atoms with Gasteiger partial charge in [-0.25, -0.2) is 8.42 Å². The summed E-state index contributed by atoms with van der Waals surface area (Å²) >= 11 is 0.